The van der Waals surface area contributed by atoms with Gasteiger partial charge in [0.1, 0.15) is 0 Å². The summed E-state index contributed by atoms with van der Waals surface area (Å²) in [6.07, 6.45) is 1.26. The third-order valence-electron chi connectivity index (χ3n) is 0.671. The van der Waals surface area contributed by atoms with Crippen LogP contribution in [0.15, 0.2) is 0 Å². The van der Waals surface area contributed by atoms with Gasteiger partial charge in [-0.3, -0.25) is 0 Å². The van der Waals surface area contributed by atoms with Gasteiger partial charge < -0.3 is 29.7 Å². The molecule has 0 heterocycles. The summed E-state index contributed by atoms with van der Waals surface area (Å²) < 4.78 is 0. The summed E-state index contributed by atoms with van der Waals surface area (Å²) in [5.74, 6) is 0. The third-order valence-corrected chi connectivity index (χ3v) is 0.671. The van der Waals surface area contributed by atoms with Crippen molar-refractivity contribution in [1.82, 2.24) is 4.90 Å². The quantitative estimate of drug-likeness (QED) is 0.385. The number of hydrogen-bond donors (Lipinski definition) is 0. The van der Waals surface area contributed by atoms with E-state index in [9.17, 15) is 0 Å². The molecule has 0 aromatic rings. The monoisotopic (exact) mass is 181 g/mol. The van der Waals surface area contributed by atoms with Crippen molar-refractivity contribution >= 4 is 23.1 Å². The minimum atomic E-state index is 0. The average Bonchev–Trinajstić information content (AvgIpc) is 1.35. The van der Waals surface area contributed by atoms with Gasteiger partial charge in [0.25, 0.3) is 0 Å². The Morgan fingerprint density at radius 1 is 1.11 bits per heavy atom. The largest absolute Gasteiger partial charge is 2.00 e. The number of nitrogens with zero attached hydrogens (tertiary/aromatic N) is 1. The van der Waals surface area contributed by atoms with Crippen molar-refractivity contribution in [3.05, 3.63) is 0 Å². The Kier molecular flexibility index (Phi) is 40.3. The first kappa shape index (κ1) is 22.4. The Morgan fingerprint density at radius 3 is 1.44 bits per heavy atom. The van der Waals surface area contributed by atoms with E-state index in [0.29, 0.717) is 0 Å². The van der Waals surface area contributed by atoms with Crippen molar-refractivity contribution in [3.8, 4) is 0 Å². The molecular formula is C5H13Cl2MgN. The summed E-state index contributed by atoms with van der Waals surface area (Å²) in [6, 6.07) is 0. The van der Waals surface area contributed by atoms with Gasteiger partial charge in [0.2, 0.25) is 0 Å². The smallest absolute Gasteiger partial charge is 1.00 e. The van der Waals surface area contributed by atoms with E-state index in [0.717, 1.165) is 0 Å². The summed E-state index contributed by atoms with van der Waals surface area (Å²) in [6.45, 7) is 3.39. The van der Waals surface area contributed by atoms with Crippen molar-refractivity contribution in [3.63, 3.8) is 0 Å². The molecule has 0 amide bonds. The Morgan fingerprint density at radius 2 is 1.44 bits per heavy atom. The molecule has 9 heavy (non-hydrogen) atoms. The van der Waals surface area contributed by atoms with Gasteiger partial charge in [-0.25, -0.2) is 0 Å². The Labute approximate surface area is 86.5 Å². The molecule has 0 aliphatic carbocycles. The zero-order valence-electron chi connectivity index (χ0n) is 6.32. The summed E-state index contributed by atoms with van der Waals surface area (Å²) in [4.78, 5) is 2.18. The molecular weight excluding hydrogens is 169 g/mol. The van der Waals surface area contributed by atoms with Crippen molar-refractivity contribution in [1.29, 1.82) is 0 Å². The van der Waals surface area contributed by atoms with Gasteiger partial charge in [-0.05, 0) is 27.1 Å². The first-order chi connectivity index (χ1) is 2.77. The van der Waals surface area contributed by atoms with Gasteiger partial charge in [0.05, 0.1) is 0 Å². The molecule has 0 saturated heterocycles. The zero-order valence-corrected chi connectivity index (χ0v) is 9.25. The normalized spacial score (nSPS) is 6.67. The summed E-state index contributed by atoms with van der Waals surface area (Å²) in [7, 11) is 4.17. The van der Waals surface area contributed by atoms with E-state index in [1.807, 2.05) is 0 Å². The first-order valence-corrected chi connectivity index (χ1v) is 2.42. The standard InChI is InChI=1S/C5H13N.2ClH.Mg/c1-4-5-6(2)3;;;/h4-5H2,1-3H3;2*1H;/q;;;+2/p-2. The fourth-order valence-electron chi connectivity index (χ4n) is 0.447. The predicted molar refractivity (Wildman–Crippen MR) is 34.6 cm³/mol. The van der Waals surface area contributed by atoms with Crippen LogP contribution in [0.25, 0.3) is 0 Å². The van der Waals surface area contributed by atoms with Gasteiger partial charge >= 0.3 is 23.1 Å². The molecule has 0 atom stereocenters. The van der Waals surface area contributed by atoms with Gasteiger partial charge in [-0.2, -0.15) is 0 Å². The van der Waals surface area contributed by atoms with Crippen LogP contribution in [-0.2, 0) is 0 Å². The van der Waals surface area contributed by atoms with E-state index in [-0.39, 0.29) is 47.9 Å². The molecule has 0 fully saturated rings. The summed E-state index contributed by atoms with van der Waals surface area (Å²) in [5, 5.41) is 0. The Hall–Kier alpha value is 1.31. The Bertz CT molecular complexity index is 36.1. The molecule has 0 saturated carbocycles. The molecule has 0 aliphatic heterocycles. The molecule has 0 radical (unpaired) electrons. The zero-order chi connectivity index (χ0) is 4.99. The van der Waals surface area contributed by atoms with Gasteiger partial charge in [0, 0.05) is 0 Å². The van der Waals surface area contributed by atoms with E-state index >= 15 is 0 Å². The van der Waals surface area contributed by atoms with Crippen molar-refractivity contribution in [2.24, 2.45) is 0 Å². The number of rotatable bonds is 2. The Balaban J connectivity index is -0.0000000417. The molecule has 0 rings (SSSR count). The second-order valence-electron chi connectivity index (χ2n) is 1.80. The maximum absolute atomic E-state index is 2.18. The second-order valence-corrected chi connectivity index (χ2v) is 1.80. The van der Waals surface area contributed by atoms with E-state index in [2.05, 4.69) is 25.9 Å². The molecule has 0 bridgehead atoms. The molecule has 0 spiro atoms. The SMILES string of the molecule is CCCN(C)C.[Cl-].[Cl-].[Mg+2]. The van der Waals surface area contributed by atoms with Crippen LogP contribution in [0.4, 0.5) is 0 Å². The average molecular weight is 182 g/mol. The molecule has 1 nitrogen and oxygen atoms in total. The van der Waals surface area contributed by atoms with Gasteiger partial charge in [-0.15, -0.1) is 0 Å². The maximum atomic E-state index is 2.18. The van der Waals surface area contributed by atoms with Gasteiger partial charge in [0.15, 0.2) is 0 Å². The summed E-state index contributed by atoms with van der Waals surface area (Å²) >= 11 is 0. The van der Waals surface area contributed by atoms with Crippen LogP contribution in [0.3, 0.4) is 0 Å². The van der Waals surface area contributed by atoms with E-state index in [1.54, 1.807) is 0 Å². The van der Waals surface area contributed by atoms with Crippen LogP contribution < -0.4 is 24.8 Å². The van der Waals surface area contributed by atoms with Crippen molar-refractivity contribution in [2.75, 3.05) is 20.6 Å². The minimum Gasteiger partial charge on any atom is -1.00 e. The topological polar surface area (TPSA) is 3.24 Å². The minimum absolute atomic E-state index is 0. The fraction of sp³-hybridized carbons (Fsp3) is 1.00. The fourth-order valence-corrected chi connectivity index (χ4v) is 0.447. The first-order valence-electron chi connectivity index (χ1n) is 2.42. The van der Waals surface area contributed by atoms with Crippen molar-refractivity contribution in [2.45, 2.75) is 13.3 Å². The van der Waals surface area contributed by atoms with Crippen LogP contribution in [0.5, 0.6) is 0 Å². The molecule has 0 aromatic heterocycles. The van der Waals surface area contributed by atoms with E-state index in [1.165, 1.54) is 13.0 Å². The van der Waals surface area contributed by atoms with Crippen molar-refractivity contribution < 1.29 is 24.8 Å². The number of hydrogen-bond acceptors (Lipinski definition) is 1. The number of halogens is 2. The molecule has 54 valence electrons. The predicted octanol–water partition coefficient (Wildman–Crippen LogP) is -5.41. The third kappa shape index (κ3) is 26.8. The summed E-state index contributed by atoms with van der Waals surface area (Å²) in [5.41, 5.74) is 0. The van der Waals surface area contributed by atoms with Crippen LogP contribution in [0.1, 0.15) is 13.3 Å². The van der Waals surface area contributed by atoms with Crippen LogP contribution in [-0.4, -0.2) is 48.6 Å². The van der Waals surface area contributed by atoms with Gasteiger partial charge in [-0.1, -0.05) is 6.92 Å². The molecule has 4 heteroatoms. The van der Waals surface area contributed by atoms with Crippen LogP contribution in [0.2, 0.25) is 0 Å². The molecule has 0 unspecified atom stereocenters. The van der Waals surface area contributed by atoms with E-state index in [4.69, 9.17) is 0 Å². The van der Waals surface area contributed by atoms with Crippen LogP contribution in [0, 0.1) is 0 Å². The maximum Gasteiger partial charge on any atom is 2.00 e. The van der Waals surface area contributed by atoms with E-state index < -0.39 is 0 Å². The molecule has 0 N–H and O–H groups in total. The molecule has 0 aromatic carbocycles. The molecule has 0 aliphatic rings. The second kappa shape index (κ2) is 16.1. The van der Waals surface area contributed by atoms with Crippen LogP contribution >= 0.6 is 0 Å².